The molecule has 0 radical (unpaired) electrons. The number of ketones is 1. The number of hydrogen-bond donors (Lipinski definition) is 2. The van der Waals surface area contributed by atoms with Gasteiger partial charge in [-0.05, 0) is 30.3 Å². The van der Waals surface area contributed by atoms with Crippen molar-refractivity contribution >= 4 is 22.6 Å². The van der Waals surface area contributed by atoms with E-state index >= 15 is 0 Å². The summed E-state index contributed by atoms with van der Waals surface area (Å²) in [5.74, 6) is -1.01. The average Bonchev–Trinajstić information content (AvgIpc) is 3.23. The SMILES string of the molecule is CC(C)C(=O)c1ccc(C(N)NC(=O)c2cncc3c2cnn3-c2ccc(F)cc2)cn1. The van der Waals surface area contributed by atoms with Crippen LogP contribution in [-0.2, 0) is 0 Å². The maximum absolute atomic E-state index is 13.2. The normalized spacial score (nSPS) is 12.2. The van der Waals surface area contributed by atoms with Crippen LogP contribution in [0.25, 0.3) is 16.6 Å². The van der Waals surface area contributed by atoms with Crippen LogP contribution in [-0.4, -0.2) is 31.4 Å². The first kappa shape index (κ1) is 21.3. The number of benzene rings is 1. The predicted octanol–water partition coefficient (Wildman–Crippen LogP) is 3.18. The average molecular weight is 432 g/mol. The van der Waals surface area contributed by atoms with Crippen LogP contribution < -0.4 is 11.1 Å². The largest absolute Gasteiger partial charge is 0.333 e. The van der Waals surface area contributed by atoms with Crippen LogP contribution in [0.3, 0.4) is 0 Å². The first-order chi connectivity index (χ1) is 15.3. The van der Waals surface area contributed by atoms with Crippen molar-refractivity contribution in [2.75, 3.05) is 0 Å². The van der Waals surface area contributed by atoms with Crippen molar-refractivity contribution in [3.8, 4) is 5.69 Å². The monoisotopic (exact) mass is 432 g/mol. The summed E-state index contributed by atoms with van der Waals surface area (Å²) in [4.78, 5) is 33.3. The standard InChI is InChI=1S/C23H21FN6O2/c1-13(2)21(31)19-8-3-14(9-27-19)22(25)29-23(32)18-10-26-12-20-17(18)11-28-30(20)16-6-4-15(24)5-7-16/h3-13,22H,25H2,1-2H3,(H,29,32). The van der Waals surface area contributed by atoms with Gasteiger partial charge in [-0.15, -0.1) is 0 Å². The Bertz CT molecular complexity index is 1280. The third kappa shape index (κ3) is 4.10. The van der Waals surface area contributed by atoms with Crippen molar-refractivity contribution in [1.82, 2.24) is 25.1 Å². The molecule has 4 rings (SSSR count). The first-order valence-electron chi connectivity index (χ1n) is 9.99. The van der Waals surface area contributed by atoms with Crippen LogP contribution in [0.15, 0.2) is 61.2 Å². The summed E-state index contributed by atoms with van der Waals surface area (Å²) in [6, 6.07) is 9.10. The minimum absolute atomic E-state index is 0.0647. The van der Waals surface area contributed by atoms with Gasteiger partial charge in [-0.25, -0.2) is 9.07 Å². The first-order valence-corrected chi connectivity index (χ1v) is 9.99. The Morgan fingerprint density at radius 3 is 2.44 bits per heavy atom. The second-order valence-corrected chi connectivity index (χ2v) is 7.60. The molecule has 3 N–H and O–H groups in total. The Kier molecular flexibility index (Phi) is 5.74. The van der Waals surface area contributed by atoms with Crippen LogP contribution >= 0.6 is 0 Å². The van der Waals surface area contributed by atoms with Gasteiger partial charge in [-0.2, -0.15) is 5.10 Å². The van der Waals surface area contributed by atoms with Gasteiger partial charge in [0, 0.05) is 29.3 Å². The zero-order valence-electron chi connectivity index (χ0n) is 17.5. The summed E-state index contributed by atoms with van der Waals surface area (Å²) in [6.45, 7) is 3.60. The van der Waals surface area contributed by atoms with Gasteiger partial charge in [0.15, 0.2) is 5.78 Å². The summed E-state index contributed by atoms with van der Waals surface area (Å²) in [5, 5.41) is 7.61. The molecule has 162 valence electrons. The number of rotatable bonds is 6. The molecule has 3 heterocycles. The molecule has 0 spiro atoms. The molecule has 0 aliphatic rings. The van der Waals surface area contributed by atoms with Crippen LogP contribution in [0.4, 0.5) is 4.39 Å². The second kappa shape index (κ2) is 8.64. The topological polar surface area (TPSA) is 116 Å². The number of carbonyl (C=O) groups is 2. The van der Waals surface area contributed by atoms with E-state index in [-0.39, 0.29) is 17.5 Å². The predicted molar refractivity (Wildman–Crippen MR) is 117 cm³/mol. The van der Waals surface area contributed by atoms with Gasteiger partial charge in [0.25, 0.3) is 5.91 Å². The fourth-order valence-electron chi connectivity index (χ4n) is 3.24. The molecule has 0 fully saturated rings. The number of nitrogens with zero attached hydrogens (tertiary/aromatic N) is 4. The lowest BCUT2D eigenvalue weighted by atomic mass is 10.1. The Hall–Kier alpha value is -3.98. The molecule has 0 aliphatic heterocycles. The van der Waals surface area contributed by atoms with Crippen molar-refractivity contribution in [1.29, 1.82) is 0 Å². The molecule has 0 saturated carbocycles. The minimum atomic E-state index is -0.833. The Balaban J connectivity index is 1.56. The Morgan fingerprint density at radius 2 is 1.78 bits per heavy atom. The molecule has 1 amide bonds. The number of nitrogens with one attached hydrogen (secondary N) is 1. The summed E-state index contributed by atoms with van der Waals surface area (Å²) < 4.78 is 14.8. The molecule has 0 aliphatic carbocycles. The van der Waals surface area contributed by atoms with Crippen molar-refractivity contribution in [3.63, 3.8) is 0 Å². The highest BCUT2D eigenvalue weighted by molar-refractivity contribution is 6.06. The van der Waals surface area contributed by atoms with Crippen molar-refractivity contribution in [3.05, 3.63) is 83.8 Å². The van der Waals surface area contributed by atoms with Crippen LogP contribution in [0.2, 0.25) is 0 Å². The van der Waals surface area contributed by atoms with E-state index in [1.54, 1.807) is 55.2 Å². The zero-order chi connectivity index (χ0) is 22.8. The molecular weight excluding hydrogens is 411 g/mol. The highest BCUT2D eigenvalue weighted by atomic mass is 19.1. The van der Waals surface area contributed by atoms with Gasteiger partial charge in [0.1, 0.15) is 17.7 Å². The van der Waals surface area contributed by atoms with E-state index in [9.17, 15) is 14.0 Å². The van der Waals surface area contributed by atoms with Gasteiger partial charge in [-0.1, -0.05) is 19.9 Å². The van der Waals surface area contributed by atoms with Crippen LogP contribution in [0.1, 0.15) is 46.4 Å². The fourth-order valence-corrected chi connectivity index (χ4v) is 3.24. The van der Waals surface area contributed by atoms with Gasteiger partial charge in [0.2, 0.25) is 0 Å². The maximum atomic E-state index is 13.2. The van der Waals surface area contributed by atoms with E-state index < -0.39 is 12.1 Å². The summed E-state index contributed by atoms with van der Waals surface area (Å²) in [7, 11) is 0. The third-order valence-corrected chi connectivity index (χ3v) is 5.02. The molecule has 0 bridgehead atoms. The quantitative estimate of drug-likeness (QED) is 0.357. The highest BCUT2D eigenvalue weighted by Gasteiger charge is 2.18. The minimum Gasteiger partial charge on any atom is -0.333 e. The van der Waals surface area contributed by atoms with Crippen LogP contribution in [0, 0.1) is 11.7 Å². The highest BCUT2D eigenvalue weighted by Crippen LogP contribution is 2.21. The van der Waals surface area contributed by atoms with Gasteiger partial charge in [-0.3, -0.25) is 19.6 Å². The number of aromatic nitrogens is 4. The van der Waals surface area contributed by atoms with Crippen LogP contribution in [0.5, 0.6) is 0 Å². The number of pyridine rings is 2. The van der Waals surface area contributed by atoms with Gasteiger partial charge in [0.05, 0.1) is 29.2 Å². The van der Waals surface area contributed by atoms with Crippen molar-refractivity contribution in [2.24, 2.45) is 11.7 Å². The second-order valence-electron chi connectivity index (χ2n) is 7.60. The fraction of sp³-hybridized carbons (Fsp3) is 0.174. The maximum Gasteiger partial charge on any atom is 0.255 e. The van der Waals surface area contributed by atoms with E-state index in [4.69, 9.17) is 5.73 Å². The Morgan fingerprint density at radius 1 is 1.03 bits per heavy atom. The third-order valence-electron chi connectivity index (χ3n) is 5.02. The molecule has 0 saturated heterocycles. The lowest BCUT2D eigenvalue weighted by Crippen LogP contribution is -2.34. The summed E-state index contributed by atoms with van der Waals surface area (Å²) in [6.07, 6.45) is 5.21. The molecule has 9 heteroatoms. The van der Waals surface area contributed by atoms with E-state index in [1.807, 2.05) is 0 Å². The Labute approximate surface area is 183 Å². The zero-order valence-corrected chi connectivity index (χ0v) is 17.5. The van der Waals surface area contributed by atoms with Gasteiger partial charge < -0.3 is 11.1 Å². The van der Waals surface area contributed by atoms with Crippen molar-refractivity contribution in [2.45, 2.75) is 20.0 Å². The molecule has 3 aromatic heterocycles. The number of amides is 1. The molecular formula is C23H21FN6O2. The number of fused-ring (bicyclic) bond motifs is 1. The molecule has 32 heavy (non-hydrogen) atoms. The number of Topliss-reactive ketones (excluding diaryl/α,β-unsaturated/α-hetero) is 1. The van der Waals surface area contributed by atoms with E-state index in [1.165, 1.54) is 24.5 Å². The lowest BCUT2D eigenvalue weighted by Gasteiger charge is -2.15. The summed E-state index contributed by atoms with van der Waals surface area (Å²) in [5.41, 5.74) is 8.58. The number of halogens is 1. The number of nitrogens with two attached hydrogens (primary N) is 1. The smallest absolute Gasteiger partial charge is 0.255 e. The molecule has 1 unspecified atom stereocenters. The molecule has 8 nitrogen and oxygen atoms in total. The van der Waals surface area contributed by atoms with E-state index in [0.717, 1.165) is 0 Å². The number of hydrogen-bond acceptors (Lipinski definition) is 6. The molecule has 1 atom stereocenters. The van der Waals surface area contributed by atoms with Crippen molar-refractivity contribution < 1.29 is 14.0 Å². The lowest BCUT2D eigenvalue weighted by molar-refractivity contribution is 0.0926. The molecule has 4 aromatic rings. The van der Waals surface area contributed by atoms with E-state index in [2.05, 4.69) is 20.4 Å². The van der Waals surface area contributed by atoms with E-state index in [0.29, 0.717) is 33.4 Å². The summed E-state index contributed by atoms with van der Waals surface area (Å²) >= 11 is 0. The number of carbonyl (C=O) groups excluding carboxylic acids is 2. The van der Waals surface area contributed by atoms with Gasteiger partial charge >= 0.3 is 0 Å². The molecule has 1 aromatic carbocycles.